The lowest BCUT2D eigenvalue weighted by atomic mass is 10.2. The number of furan rings is 1. The highest BCUT2D eigenvalue weighted by atomic mass is 16.5. The van der Waals surface area contributed by atoms with Crippen LogP contribution in [0, 0.1) is 0 Å². The average molecular weight is 304 g/mol. The highest BCUT2D eigenvalue weighted by Crippen LogP contribution is 2.28. The van der Waals surface area contributed by atoms with Crippen molar-refractivity contribution in [2.24, 2.45) is 0 Å². The molecule has 22 heavy (non-hydrogen) atoms. The second-order valence-electron chi connectivity index (χ2n) is 4.27. The second-order valence-corrected chi connectivity index (χ2v) is 4.27. The van der Waals surface area contributed by atoms with Crippen LogP contribution in [0.15, 0.2) is 41.0 Å². The van der Waals surface area contributed by atoms with Gasteiger partial charge >= 0.3 is 0 Å². The summed E-state index contributed by atoms with van der Waals surface area (Å²) in [5.74, 6) is 0.381. The highest BCUT2D eigenvalue weighted by molar-refractivity contribution is 5.98. The smallest absolute Gasteiger partial charge is 0.287 e. The van der Waals surface area contributed by atoms with Crippen LogP contribution in [0.1, 0.15) is 10.6 Å². The number of carbonyl (C=O) groups is 2. The SMILES string of the molecule is COc1ccc(NC(=O)CNC(=O)c2ccco2)c(OC)c1. The maximum Gasteiger partial charge on any atom is 0.287 e. The Morgan fingerprint density at radius 2 is 2.00 bits per heavy atom. The molecule has 0 fully saturated rings. The number of hydrogen-bond acceptors (Lipinski definition) is 5. The fourth-order valence-corrected chi connectivity index (χ4v) is 1.75. The fourth-order valence-electron chi connectivity index (χ4n) is 1.75. The molecule has 1 heterocycles. The predicted molar refractivity (Wildman–Crippen MR) is 79.2 cm³/mol. The molecule has 7 heteroatoms. The molecule has 0 spiro atoms. The monoisotopic (exact) mass is 304 g/mol. The van der Waals surface area contributed by atoms with Crippen LogP contribution in [0.4, 0.5) is 5.69 Å². The van der Waals surface area contributed by atoms with E-state index in [2.05, 4.69) is 10.6 Å². The first kappa shape index (κ1) is 15.4. The third-order valence-corrected chi connectivity index (χ3v) is 2.84. The number of benzene rings is 1. The van der Waals surface area contributed by atoms with Gasteiger partial charge < -0.3 is 24.5 Å². The van der Waals surface area contributed by atoms with Gasteiger partial charge in [-0.25, -0.2) is 0 Å². The fraction of sp³-hybridized carbons (Fsp3) is 0.200. The molecule has 0 radical (unpaired) electrons. The molecule has 1 aromatic carbocycles. The van der Waals surface area contributed by atoms with Gasteiger partial charge in [0.2, 0.25) is 5.91 Å². The van der Waals surface area contributed by atoms with E-state index in [0.29, 0.717) is 17.2 Å². The molecule has 1 aromatic heterocycles. The summed E-state index contributed by atoms with van der Waals surface area (Å²) in [7, 11) is 3.03. The largest absolute Gasteiger partial charge is 0.497 e. The van der Waals surface area contributed by atoms with E-state index in [-0.39, 0.29) is 18.2 Å². The maximum absolute atomic E-state index is 11.9. The third kappa shape index (κ3) is 3.78. The molecular formula is C15H16N2O5. The van der Waals surface area contributed by atoms with E-state index in [1.807, 2.05) is 0 Å². The van der Waals surface area contributed by atoms with Crippen molar-refractivity contribution in [2.75, 3.05) is 26.1 Å². The van der Waals surface area contributed by atoms with Gasteiger partial charge in [0.1, 0.15) is 11.5 Å². The summed E-state index contributed by atoms with van der Waals surface area (Å²) in [5.41, 5.74) is 0.487. The number of methoxy groups -OCH3 is 2. The molecule has 2 N–H and O–H groups in total. The summed E-state index contributed by atoms with van der Waals surface area (Å²) in [6, 6.07) is 8.11. The number of nitrogens with one attached hydrogen (secondary N) is 2. The number of rotatable bonds is 6. The molecule has 0 aliphatic rings. The molecule has 0 aliphatic heterocycles. The Morgan fingerprint density at radius 1 is 1.18 bits per heavy atom. The van der Waals surface area contributed by atoms with E-state index in [1.54, 1.807) is 24.3 Å². The molecule has 7 nitrogen and oxygen atoms in total. The molecule has 0 atom stereocenters. The lowest BCUT2D eigenvalue weighted by Gasteiger charge is -2.11. The van der Waals surface area contributed by atoms with Gasteiger partial charge in [0.25, 0.3) is 5.91 Å². The van der Waals surface area contributed by atoms with Crippen LogP contribution in [-0.4, -0.2) is 32.6 Å². The van der Waals surface area contributed by atoms with Crippen molar-refractivity contribution in [3.05, 3.63) is 42.4 Å². The summed E-state index contributed by atoms with van der Waals surface area (Å²) in [6.07, 6.45) is 1.39. The zero-order valence-corrected chi connectivity index (χ0v) is 12.2. The van der Waals surface area contributed by atoms with Crippen molar-refractivity contribution in [1.82, 2.24) is 5.32 Å². The van der Waals surface area contributed by atoms with Gasteiger partial charge in [0, 0.05) is 6.07 Å². The minimum absolute atomic E-state index is 0.148. The molecule has 116 valence electrons. The Labute approximate surface area is 127 Å². The van der Waals surface area contributed by atoms with Gasteiger partial charge in [-0.2, -0.15) is 0 Å². The summed E-state index contributed by atoms with van der Waals surface area (Å²) < 4.78 is 15.2. The summed E-state index contributed by atoms with van der Waals surface area (Å²) >= 11 is 0. The molecular weight excluding hydrogens is 288 g/mol. The first-order valence-corrected chi connectivity index (χ1v) is 6.47. The van der Waals surface area contributed by atoms with Crippen LogP contribution in [0.25, 0.3) is 0 Å². The van der Waals surface area contributed by atoms with Crippen LogP contribution in [0.2, 0.25) is 0 Å². The number of ether oxygens (including phenoxy) is 2. The van der Waals surface area contributed by atoms with Crippen molar-refractivity contribution >= 4 is 17.5 Å². The lowest BCUT2D eigenvalue weighted by molar-refractivity contribution is -0.115. The van der Waals surface area contributed by atoms with Gasteiger partial charge in [0.15, 0.2) is 5.76 Å². The van der Waals surface area contributed by atoms with Crippen molar-refractivity contribution in [3.63, 3.8) is 0 Å². The van der Waals surface area contributed by atoms with Crippen molar-refractivity contribution in [2.45, 2.75) is 0 Å². The lowest BCUT2D eigenvalue weighted by Crippen LogP contribution is -2.32. The molecule has 0 bridgehead atoms. The number of anilines is 1. The van der Waals surface area contributed by atoms with Gasteiger partial charge in [-0.3, -0.25) is 9.59 Å². The van der Waals surface area contributed by atoms with E-state index < -0.39 is 5.91 Å². The Balaban J connectivity index is 1.93. The van der Waals surface area contributed by atoms with E-state index in [4.69, 9.17) is 13.9 Å². The van der Waals surface area contributed by atoms with Gasteiger partial charge in [-0.1, -0.05) is 0 Å². The second kappa shape index (κ2) is 7.16. The van der Waals surface area contributed by atoms with Crippen LogP contribution >= 0.6 is 0 Å². The molecule has 0 aliphatic carbocycles. The molecule has 0 saturated carbocycles. The minimum Gasteiger partial charge on any atom is -0.497 e. The molecule has 0 unspecified atom stereocenters. The van der Waals surface area contributed by atoms with Crippen LogP contribution in [-0.2, 0) is 4.79 Å². The van der Waals surface area contributed by atoms with Crippen LogP contribution < -0.4 is 20.1 Å². The number of amides is 2. The molecule has 2 amide bonds. The third-order valence-electron chi connectivity index (χ3n) is 2.84. The maximum atomic E-state index is 11.9. The first-order valence-electron chi connectivity index (χ1n) is 6.47. The van der Waals surface area contributed by atoms with Gasteiger partial charge in [0.05, 0.1) is 32.7 Å². The zero-order valence-electron chi connectivity index (χ0n) is 12.2. The normalized spacial score (nSPS) is 9.91. The Kier molecular flexibility index (Phi) is 5.02. The van der Waals surface area contributed by atoms with Crippen molar-refractivity contribution in [1.29, 1.82) is 0 Å². The standard InChI is InChI=1S/C15H16N2O5/c1-20-10-5-6-11(13(8-10)21-2)17-14(18)9-16-15(19)12-4-3-7-22-12/h3-8H,9H2,1-2H3,(H,16,19)(H,17,18). The van der Waals surface area contributed by atoms with Crippen molar-refractivity contribution < 1.29 is 23.5 Å². The van der Waals surface area contributed by atoms with Crippen LogP contribution in [0.5, 0.6) is 11.5 Å². The number of hydrogen-bond donors (Lipinski definition) is 2. The Morgan fingerprint density at radius 3 is 2.64 bits per heavy atom. The van der Waals surface area contributed by atoms with E-state index in [0.717, 1.165) is 0 Å². The molecule has 2 aromatic rings. The Bertz CT molecular complexity index is 652. The zero-order chi connectivity index (χ0) is 15.9. The van der Waals surface area contributed by atoms with E-state index in [9.17, 15) is 9.59 Å². The van der Waals surface area contributed by atoms with Gasteiger partial charge in [-0.05, 0) is 24.3 Å². The average Bonchev–Trinajstić information content (AvgIpc) is 3.07. The summed E-state index contributed by atoms with van der Waals surface area (Å²) in [5, 5.41) is 5.10. The predicted octanol–water partition coefficient (Wildman–Crippen LogP) is 1.67. The number of carbonyl (C=O) groups excluding carboxylic acids is 2. The topological polar surface area (TPSA) is 89.8 Å². The van der Waals surface area contributed by atoms with Crippen LogP contribution in [0.3, 0.4) is 0 Å². The molecule has 2 rings (SSSR count). The minimum atomic E-state index is -0.457. The quantitative estimate of drug-likeness (QED) is 0.847. The summed E-state index contributed by atoms with van der Waals surface area (Å²) in [6.45, 7) is -0.186. The van der Waals surface area contributed by atoms with Crippen molar-refractivity contribution in [3.8, 4) is 11.5 Å². The first-order chi connectivity index (χ1) is 10.6. The van der Waals surface area contributed by atoms with Gasteiger partial charge in [-0.15, -0.1) is 0 Å². The summed E-state index contributed by atoms with van der Waals surface area (Å²) in [4.78, 5) is 23.5. The Hall–Kier alpha value is -2.96. The molecule has 0 saturated heterocycles. The van der Waals surface area contributed by atoms with E-state index >= 15 is 0 Å². The van der Waals surface area contributed by atoms with E-state index in [1.165, 1.54) is 26.5 Å². The highest BCUT2D eigenvalue weighted by Gasteiger charge is 2.12.